The van der Waals surface area contributed by atoms with Crippen LogP contribution in [-0.4, -0.2) is 0 Å². The maximum absolute atomic E-state index is 0. The van der Waals surface area contributed by atoms with Crippen molar-refractivity contribution in [3.05, 3.63) is 0 Å². The van der Waals surface area contributed by atoms with Crippen molar-refractivity contribution in [2.24, 2.45) is 0 Å². The third-order valence-electron chi connectivity index (χ3n) is 0. The minimum Gasteiger partial charge on any atom is 0 e. The van der Waals surface area contributed by atoms with Crippen LogP contribution in [0.3, 0.4) is 0 Å². The zero-order chi connectivity index (χ0) is 0. The SMILES string of the molecule is [Ag].[Ag].[Ag].[Ag].[Ag].[Ag].[Ag].[Pd].[Pd].[Pd]. The molecule has 0 atom stereocenters. The first kappa shape index (κ1) is 87.3. The molecule has 10 heavy (non-hydrogen) atoms. The molecule has 0 amide bonds. The molecule has 0 saturated heterocycles. The van der Waals surface area contributed by atoms with Crippen LogP contribution in [-0.2, 0) is 218 Å². The largest absolute Gasteiger partial charge is 0 e. The fraction of sp³-hybridized carbons (Fsp3) is 0. The average molecular weight is 1070 g/mol. The molecule has 0 aromatic carbocycles. The molecule has 0 unspecified atom stereocenters. The van der Waals surface area contributed by atoms with E-state index in [-0.39, 0.29) is 218 Å². The second kappa shape index (κ2) is 72.4. The van der Waals surface area contributed by atoms with Crippen LogP contribution in [0.4, 0.5) is 0 Å². The molecular formula is Ag7Pd3. The minimum atomic E-state index is 0. The average Bonchev–Trinajstić information content (AvgIpc) is 0. The quantitative estimate of drug-likeness (QED) is 0.300. The van der Waals surface area contributed by atoms with Crippen molar-refractivity contribution in [2.45, 2.75) is 0 Å². The van der Waals surface area contributed by atoms with Gasteiger partial charge in [0.15, 0.2) is 0 Å². The van der Waals surface area contributed by atoms with Crippen LogP contribution in [0.15, 0.2) is 0 Å². The fourth-order valence-electron chi connectivity index (χ4n) is 0. The summed E-state index contributed by atoms with van der Waals surface area (Å²) in [5.74, 6) is 0. The van der Waals surface area contributed by atoms with E-state index in [1.54, 1.807) is 0 Å². The van der Waals surface area contributed by atoms with Gasteiger partial charge < -0.3 is 0 Å². The van der Waals surface area contributed by atoms with Gasteiger partial charge in [-0.3, -0.25) is 0 Å². The van der Waals surface area contributed by atoms with Crippen molar-refractivity contribution < 1.29 is 218 Å². The van der Waals surface area contributed by atoms with Crippen molar-refractivity contribution in [1.29, 1.82) is 0 Å². The number of hydrogen-bond acceptors (Lipinski definition) is 0. The van der Waals surface area contributed by atoms with Crippen LogP contribution < -0.4 is 0 Å². The van der Waals surface area contributed by atoms with Gasteiger partial charge in [0.25, 0.3) is 0 Å². The summed E-state index contributed by atoms with van der Waals surface area (Å²) in [5.41, 5.74) is 0. The van der Waals surface area contributed by atoms with Gasteiger partial charge in [-0.1, -0.05) is 0 Å². The fourth-order valence-corrected chi connectivity index (χ4v) is 0. The van der Waals surface area contributed by atoms with Crippen molar-refractivity contribution in [2.75, 3.05) is 0 Å². The molecule has 107 valence electrons. The van der Waals surface area contributed by atoms with E-state index in [1.165, 1.54) is 0 Å². The Balaban J connectivity index is 0. The predicted octanol–water partition coefficient (Wildman–Crippen LogP) is -0.0250. The molecule has 0 saturated carbocycles. The molecule has 0 aliphatic heterocycles. The van der Waals surface area contributed by atoms with E-state index in [9.17, 15) is 0 Å². The summed E-state index contributed by atoms with van der Waals surface area (Å²) < 4.78 is 0. The van der Waals surface area contributed by atoms with Gasteiger partial charge in [-0.05, 0) is 0 Å². The molecule has 0 spiro atoms. The topological polar surface area (TPSA) is 0 Å². The van der Waals surface area contributed by atoms with Crippen molar-refractivity contribution in [3.63, 3.8) is 0 Å². The van der Waals surface area contributed by atoms with Gasteiger partial charge in [0.2, 0.25) is 0 Å². The van der Waals surface area contributed by atoms with Crippen LogP contribution in [0.5, 0.6) is 0 Å². The van der Waals surface area contributed by atoms with Crippen molar-refractivity contribution in [3.8, 4) is 0 Å². The van der Waals surface area contributed by atoms with Gasteiger partial charge in [-0.2, -0.15) is 0 Å². The summed E-state index contributed by atoms with van der Waals surface area (Å²) in [7, 11) is 0. The zero-order valence-corrected chi connectivity index (χ0v) is 18.1. The Labute approximate surface area is 212 Å². The van der Waals surface area contributed by atoms with Crippen LogP contribution >= 0.6 is 0 Å². The first-order valence-corrected chi connectivity index (χ1v) is 0. The second-order valence-electron chi connectivity index (χ2n) is 0. The third-order valence-corrected chi connectivity index (χ3v) is 0. The van der Waals surface area contributed by atoms with Crippen LogP contribution in [0.25, 0.3) is 0 Å². The number of hydrogen-bond donors (Lipinski definition) is 0. The zero-order valence-electron chi connectivity index (χ0n) is 3.06. The molecule has 0 bridgehead atoms. The summed E-state index contributed by atoms with van der Waals surface area (Å²) in [6.45, 7) is 0. The van der Waals surface area contributed by atoms with E-state index < -0.39 is 0 Å². The summed E-state index contributed by atoms with van der Waals surface area (Å²) >= 11 is 0. The van der Waals surface area contributed by atoms with Gasteiger partial charge >= 0.3 is 0 Å². The standard InChI is InChI=1S/7Ag.3Pd. The normalized spacial score (nSPS) is 0. The molecule has 0 N–H and O–H groups in total. The minimum absolute atomic E-state index is 0. The van der Waals surface area contributed by atoms with Gasteiger partial charge in [0.1, 0.15) is 0 Å². The van der Waals surface area contributed by atoms with Crippen LogP contribution in [0, 0.1) is 0 Å². The van der Waals surface area contributed by atoms with Crippen molar-refractivity contribution in [1.82, 2.24) is 0 Å². The Morgan fingerprint density at radius 1 is 0.200 bits per heavy atom. The molecule has 0 fully saturated rings. The van der Waals surface area contributed by atoms with E-state index in [1.807, 2.05) is 0 Å². The smallest absolute Gasteiger partial charge is 0 e. The monoisotopic (exact) mass is 1070 g/mol. The summed E-state index contributed by atoms with van der Waals surface area (Å²) in [5, 5.41) is 0. The summed E-state index contributed by atoms with van der Waals surface area (Å²) in [6, 6.07) is 0. The van der Waals surface area contributed by atoms with Gasteiger partial charge in [0, 0.05) is 218 Å². The predicted molar refractivity (Wildman–Crippen MR) is 0 cm³/mol. The summed E-state index contributed by atoms with van der Waals surface area (Å²) in [4.78, 5) is 0. The molecule has 0 aliphatic carbocycles. The Morgan fingerprint density at radius 2 is 0.200 bits per heavy atom. The van der Waals surface area contributed by atoms with E-state index >= 15 is 0 Å². The number of rotatable bonds is 0. The Hall–Kier alpha value is 7.17. The van der Waals surface area contributed by atoms with E-state index in [4.69, 9.17) is 0 Å². The van der Waals surface area contributed by atoms with Crippen LogP contribution in [0.1, 0.15) is 0 Å². The Bertz CT molecular complexity index is 8.81. The van der Waals surface area contributed by atoms with E-state index in [0.717, 1.165) is 0 Å². The molecule has 7 radical (unpaired) electrons. The maximum Gasteiger partial charge on any atom is 0 e. The third kappa shape index (κ3) is 59.3. The molecule has 10 heteroatoms. The van der Waals surface area contributed by atoms with Gasteiger partial charge in [-0.15, -0.1) is 0 Å². The van der Waals surface area contributed by atoms with E-state index in [0.29, 0.717) is 0 Å². The van der Waals surface area contributed by atoms with Gasteiger partial charge in [-0.25, -0.2) is 0 Å². The Morgan fingerprint density at radius 3 is 0.200 bits per heavy atom. The first-order chi connectivity index (χ1) is 0. The molecule has 0 rings (SSSR count). The maximum atomic E-state index is 0. The second-order valence-corrected chi connectivity index (χ2v) is 0. The van der Waals surface area contributed by atoms with Crippen molar-refractivity contribution >= 4 is 0 Å². The van der Waals surface area contributed by atoms with Gasteiger partial charge in [0.05, 0.1) is 0 Å². The molecule has 0 aromatic rings. The van der Waals surface area contributed by atoms with E-state index in [2.05, 4.69) is 0 Å². The molecule has 0 heterocycles. The molecule has 0 aromatic heterocycles. The summed E-state index contributed by atoms with van der Waals surface area (Å²) in [6.07, 6.45) is 0. The molecule has 0 aliphatic rings. The van der Waals surface area contributed by atoms with Crippen LogP contribution in [0.2, 0.25) is 0 Å². The first-order valence-electron chi connectivity index (χ1n) is 0. The molecule has 0 nitrogen and oxygen atoms in total. The molecular weight excluding hydrogens is 1070 g/mol. The Kier molecular flexibility index (Phi) is 632.